The number of anilines is 1. The van der Waals surface area contributed by atoms with Crippen molar-refractivity contribution in [2.45, 2.75) is 23.9 Å². The number of aryl methyl sites for hydroxylation is 2. The molecule has 0 saturated carbocycles. The zero-order valence-corrected chi connectivity index (χ0v) is 16.6. The van der Waals surface area contributed by atoms with E-state index < -0.39 is 6.09 Å². The molecule has 0 atom stereocenters. The fraction of sp³-hybridized carbons (Fsp3) is 0.294. The minimum absolute atomic E-state index is 0.161. The van der Waals surface area contributed by atoms with Gasteiger partial charge in [-0.05, 0) is 32.0 Å². The molecule has 0 unspecified atom stereocenters. The molecule has 142 valence electrons. The third-order valence-electron chi connectivity index (χ3n) is 3.75. The zero-order chi connectivity index (χ0) is 19.4. The summed E-state index contributed by atoms with van der Waals surface area (Å²) in [7, 11) is 1.24. The first kappa shape index (κ1) is 19.2. The van der Waals surface area contributed by atoms with Crippen molar-refractivity contribution in [1.82, 2.24) is 15.5 Å². The quantitative estimate of drug-likeness (QED) is 0.604. The van der Waals surface area contributed by atoms with E-state index in [4.69, 9.17) is 4.52 Å². The van der Waals surface area contributed by atoms with Gasteiger partial charge in [-0.15, -0.1) is 11.3 Å². The molecule has 3 aromatic rings. The number of nitrogens with one attached hydrogen (secondary N) is 2. The SMILES string of the molecule is COC(=O)NCC(=O)Nc1ccc2nc(SCc3c(C)noc3C)sc2c1. The number of alkyl carbamates (subject to hydrolysis) is 1. The summed E-state index contributed by atoms with van der Waals surface area (Å²) in [4.78, 5) is 27.5. The molecular formula is C17H18N4O4S2. The molecule has 2 amide bonds. The Morgan fingerprint density at radius 1 is 1.33 bits per heavy atom. The van der Waals surface area contributed by atoms with Gasteiger partial charge in [0.15, 0.2) is 4.34 Å². The number of rotatable bonds is 6. The van der Waals surface area contributed by atoms with E-state index in [1.165, 1.54) is 7.11 Å². The Balaban J connectivity index is 1.64. The third kappa shape index (κ3) is 4.77. The fourth-order valence-corrected chi connectivity index (χ4v) is 4.58. The Morgan fingerprint density at radius 3 is 2.85 bits per heavy atom. The van der Waals surface area contributed by atoms with Crippen LogP contribution in [0.4, 0.5) is 10.5 Å². The first-order chi connectivity index (χ1) is 13.0. The van der Waals surface area contributed by atoms with Gasteiger partial charge in [0, 0.05) is 17.0 Å². The van der Waals surface area contributed by atoms with Crippen molar-refractivity contribution < 1.29 is 18.8 Å². The molecule has 0 spiro atoms. The minimum Gasteiger partial charge on any atom is -0.453 e. The molecule has 0 aliphatic rings. The highest BCUT2D eigenvalue weighted by atomic mass is 32.2. The Labute approximate surface area is 163 Å². The molecule has 0 fully saturated rings. The standard InChI is InChI=1S/C17H18N4O4S2/c1-9-12(10(2)25-21-9)8-26-17-20-13-5-4-11(6-14(13)27-17)19-15(22)7-18-16(23)24-3/h4-6H,7-8H2,1-3H3,(H,18,23)(H,19,22). The van der Waals surface area contributed by atoms with Crippen LogP contribution in [0.5, 0.6) is 0 Å². The van der Waals surface area contributed by atoms with Crippen molar-refractivity contribution >= 4 is 51.0 Å². The van der Waals surface area contributed by atoms with Crippen LogP contribution >= 0.6 is 23.1 Å². The third-order valence-corrected chi connectivity index (χ3v) is 5.94. The number of fused-ring (bicyclic) bond motifs is 1. The van der Waals surface area contributed by atoms with Gasteiger partial charge in [0.2, 0.25) is 5.91 Å². The van der Waals surface area contributed by atoms with E-state index in [-0.39, 0.29) is 12.5 Å². The second kappa shape index (κ2) is 8.40. The first-order valence-electron chi connectivity index (χ1n) is 8.03. The molecule has 2 aromatic heterocycles. The Morgan fingerprint density at radius 2 is 2.15 bits per heavy atom. The number of methoxy groups -OCH3 is 1. The van der Waals surface area contributed by atoms with Crippen LogP contribution in [0.3, 0.4) is 0 Å². The van der Waals surface area contributed by atoms with E-state index in [2.05, 4.69) is 25.5 Å². The van der Waals surface area contributed by atoms with Gasteiger partial charge in [0.1, 0.15) is 12.3 Å². The molecule has 8 nitrogen and oxygen atoms in total. The van der Waals surface area contributed by atoms with Crippen molar-refractivity contribution in [2.24, 2.45) is 0 Å². The van der Waals surface area contributed by atoms with Gasteiger partial charge in [-0.2, -0.15) is 0 Å². The van der Waals surface area contributed by atoms with Gasteiger partial charge in [0.05, 0.1) is 23.0 Å². The van der Waals surface area contributed by atoms with Gasteiger partial charge in [-0.3, -0.25) is 4.79 Å². The second-order valence-electron chi connectivity index (χ2n) is 5.65. The maximum atomic E-state index is 11.9. The molecule has 0 bridgehead atoms. The van der Waals surface area contributed by atoms with E-state index in [0.29, 0.717) is 5.69 Å². The number of thioether (sulfide) groups is 1. The van der Waals surface area contributed by atoms with Crippen molar-refractivity contribution in [2.75, 3.05) is 19.0 Å². The molecule has 27 heavy (non-hydrogen) atoms. The van der Waals surface area contributed by atoms with Gasteiger partial charge in [-0.1, -0.05) is 16.9 Å². The van der Waals surface area contributed by atoms with Crippen LogP contribution in [0.1, 0.15) is 17.0 Å². The van der Waals surface area contributed by atoms with Crippen LogP contribution < -0.4 is 10.6 Å². The summed E-state index contributed by atoms with van der Waals surface area (Å²) >= 11 is 3.18. The molecule has 1 aromatic carbocycles. The zero-order valence-electron chi connectivity index (χ0n) is 15.0. The highest BCUT2D eigenvalue weighted by Crippen LogP contribution is 2.33. The number of thiazole rings is 1. The highest BCUT2D eigenvalue weighted by molar-refractivity contribution is 8.00. The normalized spacial score (nSPS) is 10.8. The summed E-state index contributed by atoms with van der Waals surface area (Å²) in [5.41, 5.74) is 3.49. The summed E-state index contributed by atoms with van der Waals surface area (Å²) in [5, 5.41) is 9.03. The lowest BCUT2D eigenvalue weighted by Crippen LogP contribution is -2.32. The number of ether oxygens (including phenoxy) is 1. The molecule has 3 rings (SSSR count). The van der Waals surface area contributed by atoms with Crippen LogP contribution in [-0.2, 0) is 15.3 Å². The number of hydrogen-bond acceptors (Lipinski definition) is 8. The Kier molecular flexibility index (Phi) is 5.97. The molecule has 0 aliphatic heterocycles. The molecule has 2 N–H and O–H groups in total. The van der Waals surface area contributed by atoms with Crippen molar-refractivity contribution in [3.8, 4) is 0 Å². The van der Waals surface area contributed by atoms with E-state index in [1.807, 2.05) is 26.0 Å². The maximum absolute atomic E-state index is 11.9. The van der Waals surface area contributed by atoms with Crippen LogP contribution in [0, 0.1) is 13.8 Å². The molecule has 2 heterocycles. The highest BCUT2D eigenvalue weighted by Gasteiger charge is 2.12. The minimum atomic E-state index is -0.650. The van der Waals surface area contributed by atoms with Crippen molar-refractivity contribution in [3.05, 3.63) is 35.2 Å². The number of benzene rings is 1. The largest absolute Gasteiger partial charge is 0.453 e. The fourth-order valence-electron chi connectivity index (χ4n) is 2.31. The van der Waals surface area contributed by atoms with Gasteiger partial charge < -0.3 is 19.9 Å². The first-order valence-corrected chi connectivity index (χ1v) is 9.83. The van der Waals surface area contributed by atoms with Crippen LogP contribution in [0.25, 0.3) is 10.2 Å². The van der Waals surface area contributed by atoms with Crippen LogP contribution in [0.15, 0.2) is 27.1 Å². The summed E-state index contributed by atoms with van der Waals surface area (Å²) < 4.78 is 11.5. The van der Waals surface area contributed by atoms with Crippen molar-refractivity contribution in [1.29, 1.82) is 0 Å². The number of hydrogen-bond donors (Lipinski definition) is 2. The molecule has 0 aliphatic carbocycles. The van der Waals surface area contributed by atoms with Crippen molar-refractivity contribution in [3.63, 3.8) is 0 Å². The van der Waals surface area contributed by atoms with Gasteiger partial charge in [0.25, 0.3) is 0 Å². The summed E-state index contributed by atoms with van der Waals surface area (Å²) in [6.07, 6.45) is -0.650. The topological polar surface area (TPSA) is 106 Å². The van der Waals surface area contributed by atoms with Crippen LogP contribution in [-0.4, -0.2) is 35.8 Å². The second-order valence-corrected chi connectivity index (χ2v) is 7.90. The average Bonchev–Trinajstić information content (AvgIpc) is 3.20. The smallest absolute Gasteiger partial charge is 0.407 e. The summed E-state index contributed by atoms with van der Waals surface area (Å²) in [6, 6.07) is 5.50. The lowest BCUT2D eigenvalue weighted by molar-refractivity contribution is -0.115. The number of amides is 2. The molecule has 10 heteroatoms. The summed E-state index contributed by atoms with van der Waals surface area (Å²) in [5.74, 6) is 1.23. The monoisotopic (exact) mass is 406 g/mol. The number of nitrogens with zero attached hydrogens (tertiary/aromatic N) is 2. The number of carbonyl (C=O) groups is 2. The van der Waals surface area contributed by atoms with E-state index in [1.54, 1.807) is 29.2 Å². The number of aromatic nitrogens is 2. The predicted molar refractivity (Wildman–Crippen MR) is 104 cm³/mol. The summed E-state index contributed by atoms with van der Waals surface area (Å²) in [6.45, 7) is 3.67. The Hall–Kier alpha value is -2.59. The average molecular weight is 406 g/mol. The Bertz CT molecular complexity index is 963. The number of carbonyl (C=O) groups excluding carboxylic acids is 2. The molecule has 0 radical (unpaired) electrons. The molecular weight excluding hydrogens is 388 g/mol. The predicted octanol–water partition coefficient (Wildman–Crippen LogP) is 3.49. The molecule has 0 saturated heterocycles. The van der Waals surface area contributed by atoms with E-state index in [0.717, 1.165) is 37.3 Å². The van der Waals surface area contributed by atoms with Gasteiger partial charge in [-0.25, -0.2) is 9.78 Å². The maximum Gasteiger partial charge on any atom is 0.407 e. The van der Waals surface area contributed by atoms with E-state index in [9.17, 15) is 9.59 Å². The van der Waals surface area contributed by atoms with Gasteiger partial charge >= 0.3 is 6.09 Å². The van der Waals surface area contributed by atoms with E-state index >= 15 is 0 Å². The lowest BCUT2D eigenvalue weighted by atomic mass is 10.2. The van der Waals surface area contributed by atoms with Crippen LogP contribution in [0.2, 0.25) is 0 Å². The lowest BCUT2D eigenvalue weighted by Gasteiger charge is -2.05.